The summed E-state index contributed by atoms with van der Waals surface area (Å²) >= 11 is 13.6. The van der Waals surface area contributed by atoms with Crippen LogP contribution < -0.4 is 5.32 Å². The van der Waals surface area contributed by atoms with Crippen molar-refractivity contribution in [2.24, 2.45) is 5.92 Å². The quantitative estimate of drug-likeness (QED) is 0.239. The van der Waals surface area contributed by atoms with Gasteiger partial charge in [-0.2, -0.15) is 0 Å². The maximum absolute atomic E-state index is 12.5. The van der Waals surface area contributed by atoms with E-state index in [4.69, 9.17) is 23.2 Å². The zero-order chi connectivity index (χ0) is 23.4. The van der Waals surface area contributed by atoms with Crippen molar-refractivity contribution in [3.8, 4) is 11.4 Å². The first-order chi connectivity index (χ1) is 15.2. The molecule has 1 amide bonds. The van der Waals surface area contributed by atoms with Crippen LogP contribution in [0.15, 0.2) is 41.6 Å². The fourth-order valence-electron chi connectivity index (χ4n) is 3.01. The molecule has 0 aliphatic heterocycles. The highest BCUT2D eigenvalue weighted by molar-refractivity contribution is 7.99. The summed E-state index contributed by atoms with van der Waals surface area (Å²) in [6.45, 7) is 6.42. The van der Waals surface area contributed by atoms with Gasteiger partial charge in [-0.15, -0.1) is 10.2 Å². The molecule has 0 unspecified atom stereocenters. The Bertz CT molecular complexity index is 1170. The molecule has 3 aromatic rings. The third kappa shape index (κ3) is 5.79. The van der Waals surface area contributed by atoms with E-state index in [1.165, 1.54) is 17.8 Å². The highest BCUT2D eigenvalue weighted by Gasteiger charge is 2.19. The Morgan fingerprint density at radius 3 is 2.62 bits per heavy atom. The third-order valence-corrected chi connectivity index (χ3v) is 5.97. The minimum Gasteiger partial charge on any atom is -0.325 e. The molecule has 2 aromatic carbocycles. The second-order valence-electron chi connectivity index (χ2n) is 7.53. The number of nitrogens with zero attached hydrogens (tertiary/aromatic N) is 4. The number of carbonyl (C=O) groups excluding carboxylic acids is 1. The first-order valence-electron chi connectivity index (χ1n) is 9.72. The molecule has 32 heavy (non-hydrogen) atoms. The van der Waals surface area contributed by atoms with Crippen LogP contribution in [-0.4, -0.2) is 31.3 Å². The van der Waals surface area contributed by atoms with Crippen molar-refractivity contribution in [1.82, 2.24) is 14.8 Å². The lowest BCUT2D eigenvalue weighted by atomic mass is 10.2. The number of aromatic nitrogens is 3. The zero-order valence-corrected chi connectivity index (χ0v) is 20.0. The van der Waals surface area contributed by atoms with E-state index in [2.05, 4.69) is 29.4 Å². The van der Waals surface area contributed by atoms with Gasteiger partial charge in [-0.3, -0.25) is 14.9 Å². The molecule has 11 heteroatoms. The number of aryl methyl sites for hydroxylation is 1. The molecule has 0 radical (unpaired) electrons. The van der Waals surface area contributed by atoms with Crippen molar-refractivity contribution in [2.75, 3.05) is 11.1 Å². The van der Waals surface area contributed by atoms with Gasteiger partial charge in [0.25, 0.3) is 5.69 Å². The molecule has 0 saturated heterocycles. The van der Waals surface area contributed by atoms with Crippen LogP contribution in [0.3, 0.4) is 0 Å². The number of halogens is 2. The Morgan fingerprint density at radius 2 is 1.97 bits per heavy atom. The van der Waals surface area contributed by atoms with Crippen LogP contribution in [0.4, 0.5) is 11.4 Å². The maximum Gasteiger partial charge on any atom is 0.274 e. The number of rotatable bonds is 8. The summed E-state index contributed by atoms with van der Waals surface area (Å²) < 4.78 is 1.93. The zero-order valence-electron chi connectivity index (χ0n) is 17.6. The van der Waals surface area contributed by atoms with Crippen LogP contribution in [0.5, 0.6) is 0 Å². The molecule has 1 heterocycles. The van der Waals surface area contributed by atoms with Crippen LogP contribution in [0.25, 0.3) is 11.4 Å². The first-order valence-corrected chi connectivity index (χ1v) is 11.5. The summed E-state index contributed by atoms with van der Waals surface area (Å²) in [6.07, 6.45) is 0. The van der Waals surface area contributed by atoms with Crippen molar-refractivity contribution in [1.29, 1.82) is 0 Å². The summed E-state index contributed by atoms with van der Waals surface area (Å²) in [5.74, 6) is 0.652. The van der Waals surface area contributed by atoms with Gasteiger partial charge in [0.2, 0.25) is 5.91 Å². The largest absolute Gasteiger partial charge is 0.325 e. The standard InChI is InChI=1S/C21H21Cl2N5O3S/c1-12(2)10-27-20(16-7-5-14(22)8-17(16)23)25-26-21(27)32-11-19(29)24-15-6-4-13(3)18(9-15)28(30)31/h4-9,12H,10-11H2,1-3H3,(H,24,29). The number of thioether (sulfide) groups is 1. The summed E-state index contributed by atoms with van der Waals surface area (Å²) in [6, 6.07) is 9.75. The number of anilines is 1. The first kappa shape index (κ1) is 24.0. The molecular formula is C21H21Cl2N5O3S. The Labute approximate surface area is 199 Å². The summed E-state index contributed by atoms with van der Waals surface area (Å²) in [5.41, 5.74) is 1.55. The lowest BCUT2D eigenvalue weighted by Crippen LogP contribution is -2.15. The van der Waals surface area contributed by atoms with Gasteiger partial charge in [-0.25, -0.2) is 0 Å². The molecule has 0 fully saturated rings. The number of nitro benzene ring substituents is 1. The lowest BCUT2D eigenvalue weighted by molar-refractivity contribution is -0.385. The van der Waals surface area contributed by atoms with E-state index in [1.54, 1.807) is 37.3 Å². The molecule has 0 aliphatic rings. The molecule has 3 rings (SSSR count). The molecule has 0 saturated carbocycles. The van der Waals surface area contributed by atoms with Gasteiger partial charge in [0, 0.05) is 34.4 Å². The number of benzene rings is 2. The molecule has 0 spiro atoms. The Hall–Kier alpha value is -2.62. The smallest absolute Gasteiger partial charge is 0.274 e. The fraction of sp³-hybridized carbons (Fsp3) is 0.286. The van der Waals surface area contributed by atoms with Crippen molar-refractivity contribution < 1.29 is 9.72 Å². The molecule has 0 bridgehead atoms. The van der Waals surface area contributed by atoms with Gasteiger partial charge in [0.15, 0.2) is 11.0 Å². The van der Waals surface area contributed by atoms with E-state index < -0.39 is 4.92 Å². The predicted molar refractivity (Wildman–Crippen MR) is 128 cm³/mol. The van der Waals surface area contributed by atoms with Gasteiger partial charge in [-0.05, 0) is 37.1 Å². The highest BCUT2D eigenvalue weighted by atomic mass is 35.5. The van der Waals surface area contributed by atoms with Gasteiger partial charge in [0.1, 0.15) is 0 Å². The number of hydrogen-bond acceptors (Lipinski definition) is 6. The van der Waals surface area contributed by atoms with E-state index in [0.29, 0.717) is 50.3 Å². The number of hydrogen-bond donors (Lipinski definition) is 1. The van der Waals surface area contributed by atoms with Crippen molar-refractivity contribution in [3.63, 3.8) is 0 Å². The van der Waals surface area contributed by atoms with Gasteiger partial charge < -0.3 is 9.88 Å². The van der Waals surface area contributed by atoms with Gasteiger partial charge in [-0.1, -0.05) is 54.9 Å². The minimum atomic E-state index is -0.475. The van der Waals surface area contributed by atoms with Crippen LogP contribution in [0.2, 0.25) is 10.0 Å². The molecule has 1 N–H and O–H groups in total. The predicted octanol–water partition coefficient (Wildman–Crippen LogP) is 5.86. The molecular weight excluding hydrogens is 473 g/mol. The van der Waals surface area contributed by atoms with E-state index in [1.807, 2.05) is 4.57 Å². The van der Waals surface area contributed by atoms with Crippen LogP contribution in [0, 0.1) is 23.0 Å². The third-order valence-electron chi connectivity index (χ3n) is 4.46. The summed E-state index contributed by atoms with van der Waals surface area (Å²) in [5, 5.41) is 23.9. The second kappa shape index (κ2) is 10.3. The number of amides is 1. The minimum absolute atomic E-state index is 0.0448. The van der Waals surface area contributed by atoms with E-state index in [-0.39, 0.29) is 17.3 Å². The van der Waals surface area contributed by atoms with Crippen LogP contribution in [-0.2, 0) is 11.3 Å². The van der Waals surface area contributed by atoms with E-state index in [9.17, 15) is 14.9 Å². The van der Waals surface area contributed by atoms with Crippen molar-refractivity contribution in [3.05, 3.63) is 62.1 Å². The second-order valence-corrected chi connectivity index (χ2v) is 9.32. The Kier molecular flexibility index (Phi) is 7.76. The monoisotopic (exact) mass is 493 g/mol. The van der Waals surface area contributed by atoms with Crippen LogP contribution >= 0.6 is 35.0 Å². The maximum atomic E-state index is 12.5. The van der Waals surface area contributed by atoms with Gasteiger partial charge >= 0.3 is 0 Å². The molecule has 1 aromatic heterocycles. The molecule has 0 aliphatic carbocycles. The van der Waals surface area contributed by atoms with E-state index in [0.717, 1.165) is 0 Å². The van der Waals surface area contributed by atoms with Gasteiger partial charge in [0.05, 0.1) is 15.7 Å². The number of nitrogens with one attached hydrogen (secondary N) is 1. The number of carbonyl (C=O) groups is 1. The topological polar surface area (TPSA) is 103 Å². The Morgan fingerprint density at radius 1 is 1.22 bits per heavy atom. The molecule has 8 nitrogen and oxygen atoms in total. The Balaban J connectivity index is 1.77. The SMILES string of the molecule is Cc1ccc(NC(=O)CSc2nnc(-c3ccc(Cl)cc3Cl)n2CC(C)C)cc1[N+](=O)[O-]. The lowest BCUT2D eigenvalue weighted by Gasteiger charge is -2.13. The number of nitro groups is 1. The highest BCUT2D eigenvalue weighted by Crippen LogP contribution is 2.32. The normalized spacial score (nSPS) is 11.1. The summed E-state index contributed by atoms with van der Waals surface area (Å²) in [4.78, 5) is 23.1. The van der Waals surface area contributed by atoms with Crippen LogP contribution in [0.1, 0.15) is 19.4 Å². The van der Waals surface area contributed by atoms with Crippen molar-refractivity contribution in [2.45, 2.75) is 32.5 Å². The van der Waals surface area contributed by atoms with Crippen molar-refractivity contribution >= 4 is 52.2 Å². The average molecular weight is 494 g/mol. The average Bonchev–Trinajstić information content (AvgIpc) is 3.09. The van der Waals surface area contributed by atoms with E-state index >= 15 is 0 Å². The molecule has 168 valence electrons. The molecule has 0 atom stereocenters. The summed E-state index contributed by atoms with van der Waals surface area (Å²) in [7, 11) is 0. The fourth-order valence-corrected chi connectivity index (χ4v) is 4.25.